The second-order valence-corrected chi connectivity index (χ2v) is 7.04. The van der Waals surface area contributed by atoms with Crippen LogP contribution < -0.4 is 5.32 Å². The molecule has 2 rings (SSSR count). The molecule has 2 N–H and O–H groups in total. The number of aromatic nitrogens is 2. The number of unbranched alkanes of at least 4 members (excludes halogenated alkanes) is 1. The van der Waals surface area contributed by atoms with Gasteiger partial charge < -0.3 is 19.8 Å². The van der Waals surface area contributed by atoms with E-state index in [0.717, 1.165) is 49.3 Å². The summed E-state index contributed by atoms with van der Waals surface area (Å²) in [7, 11) is 3.37. The van der Waals surface area contributed by atoms with Crippen molar-refractivity contribution < 1.29 is 14.3 Å². The van der Waals surface area contributed by atoms with E-state index in [-0.39, 0.29) is 11.8 Å². The number of amides is 1. The first-order valence-corrected chi connectivity index (χ1v) is 10.1. The molecule has 6 nitrogen and oxygen atoms in total. The number of nitrogens with zero attached hydrogens (tertiary/aromatic N) is 1. The van der Waals surface area contributed by atoms with Crippen molar-refractivity contribution in [3.05, 3.63) is 41.9 Å². The lowest BCUT2D eigenvalue weighted by molar-refractivity contribution is -0.121. The zero-order valence-electron chi connectivity index (χ0n) is 17.3. The molecule has 0 atom stereocenters. The van der Waals surface area contributed by atoms with E-state index in [0.29, 0.717) is 19.6 Å². The molecule has 154 valence electrons. The molecule has 0 aliphatic rings. The molecule has 0 unspecified atom stereocenters. The average Bonchev–Trinajstić information content (AvgIpc) is 3.20. The molecule has 0 saturated carbocycles. The minimum atomic E-state index is 0.0950. The molecule has 1 aromatic carbocycles. The summed E-state index contributed by atoms with van der Waals surface area (Å²) >= 11 is 0. The molecule has 1 heterocycles. The Balaban J connectivity index is 1.84. The third-order valence-electron chi connectivity index (χ3n) is 4.67. The van der Waals surface area contributed by atoms with Gasteiger partial charge in [0.2, 0.25) is 5.91 Å². The monoisotopic (exact) mass is 387 g/mol. The van der Waals surface area contributed by atoms with Crippen LogP contribution in [0.15, 0.2) is 30.5 Å². The SMILES string of the molecule is CCCNC(=O)CCCCc1ccc(-c2cnc(C(COC)COC)[nH]2)cc1. The minimum absolute atomic E-state index is 0.0950. The fourth-order valence-electron chi connectivity index (χ4n) is 3.12. The van der Waals surface area contributed by atoms with Gasteiger partial charge in [0.15, 0.2) is 0 Å². The van der Waals surface area contributed by atoms with Crippen LogP contribution in [0.5, 0.6) is 0 Å². The molecule has 0 aliphatic carbocycles. The largest absolute Gasteiger partial charge is 0.384 e. The number of methoxy groups -OCH3 is 2. The highest BCUT2D eigenvalue weighted by molar-refractivity contribution is 5.75. The van der Waals surface area contributed by atoms with Gasteiger partial charge in [-0.15, -0.1) is 0 Å². The second kappa shape index (κ2) is 12.3. The van der Waals surface area contributed by atoms with Gasteiger partial charge in [0.25, 0.3) is 0 Å². The summed E-state index contributed by atoms with van der Waals surface area (Å²) < 4.78 is 10.5. The highest BCUT2D eigenvalue weighted by Crippen LogP contribution is 2.22. The van der Waals surface area contributed by atoms with E-state index in [1.165, 1.54) is 5.56 Å². The Morgan fingerprint density at radius 3 is 2.50 bits per heavy atom. The Labute approximate surface area is 168 Å². The van der Waals surface area contributed by atoms with Gasteiger partial charge in [0, 0.05) is 27.2 Å². The maximum absolute atomic E-state index is 11.6. The van der Waals surface area contributed by atoms with E-state index < -0.39 is 0 Å². The van der Waals surface area contributed by atoms with Crippen molar-refractivity contribution in [1.82, 2.24) is 15.3 Å². The van der Waals surface area contributed by atoms with Gasteiger partial charge >= 0.3 is 0 Å². The quantitative estimate of drug-likeness (QED) is 0.514. The number of hydrogen-bond donors (Lipinski definition) is 2. The molecule has 0 aliphatic heterocycles. The molecule has 0 spiro atoms. The van der Waals surface area contributed by atoms with Crippen LogP contribution in [0.1, 0.15) is 49.9 Å². The first kappa shape index (κ1) is 22.1. The molecule has 6 heteroatoms. The molecule has 1 aromatic heterocycles. The Kier molecular flexibility index (Phi) is 9.72. The third kappa shape index (κ3) is 7.09. The Morgan fingerprint density at radius 1 is 1.14 bits per heavy atom. The molecule has 0 fully saturated rings. The highest BCUT2D eigenvalue weighted by atomic mass is 16.5. The van der Waals surface area contributed by atoms with Gasteiger partial charge in [0.1, 0.15) is 5.82 Å². The summed E-state index contributed by atoms with van der Waals surface area (Å²) in [5.74, 6) is 1.13. The zero-order chi connectivity index (χ0) is 20.2. The maximum atomic E-state index is 11.6. The topological polar surface area (TPSA) is 76.2 Å². The Bertz CT molecular complexity index is 691. The van der Waals surface area contributed by atoms with Crippen molar-refractivity contribution in [2.24, 2.45) is 0 Å². The molecule has 28 heavy (non-hydrogen) atoms. The Hall–Kier alpha value is -2.18. The summed E-state index contributed by atoms with van der Waals surface area (Å²) in [6.45, 7) is 3.96. The number of ether oxygens (including phenoxy) is 2. The molecule has 0 bridgehead atoms. The van der Waals surface area contributed by atoms with Crippen molar-refractivity contribution in [2.75, 3.05) is 34.0 Å². The number of carbonyl (C=O) groups is 1. The van der Waals surface area contributed by atoms with Crippen molar-refractivity contribution in [3.63, 3.8) is 0 Å². The van der Waals surface area contributed by atoms with Crippen LogP contribution >= 0.6 is 0 Å². The van der Waals surface area contributed by atoms with E-state index in [9.17, 15) is 4.79 Å². The lowest BCUT2D eigenvalue weighted by Gasteiger charge is -2.12. The van der Waals surface area contributed by atoms with Crippen LogP contribution in [-0.4, -0.2) is 49.9 Å². The second-order valence-electron chi connectivity index (χ2n) is 7.04. The predicted octanol–water partition coefficient (Wildman–Crippen LogP) is 3.69. The van der Waals surface area contributed by atoms with Crippen LogP contribution in [-0.2, 0) is 20.7 Å². The number of benzene rings is 1. The van der Waals surface area contributed by atoms with Gasteiger partial charge in [-0.05, 0) is 36.8 Å². The molecule has 1 amide bonds. The predicted molar refractivity (Wildman–Crippen MR) is 111 cm³/mol. The standard InChI is InChI=1S/C22H33N3O3/c1-4-13-23-21(26)8-6-5-7-17-9-11-18(12-10-17)20-14-24-22(25-20)19(15-27-2)16-28-3/h9-12,14,19H,4-8,13,15-16H2,1-3H3,(H,23,26)(H,24,25). The van der Waals surface area contributed by atoms with E-state index in [1.807, 2.05) is 6.20 Å². The highest BCUT2D eigenvalue weighted by Gasteiger charge is 2.15. The van der Waals surface area contributed by atoms with Gasteiger partial charge in [-0.25, -0.2) is 4.98 Å². The van der Waals surface area contributed by atoms with Crippen molar-refractivity contribution in [2.45, 2.75) is 44.9 Å². The summed E-state index contributed by atoms with van der Waals surface area (Å²) in [6, 6.07) is 8.52. The third-order valence-corrected chi connectivity index (χ3v) is 4.67. The Morgan fingerprint density at radius 2 is 1.86 bits per heavy atom. The van der Waals surface area contributed by atoms with Gasteiger partial charge in [0.05, 0.1) is 31.0 Å². The molecular formula is C22H33N3O3. The first-order chi connectivity index (χ1) is 13.7. The number of hydrogen-bond acceptors (Lipinski definition) is 4. The minimum Gasteiger partial charge on any atom is -0.384 e. The fraction of sp³-hybridized carbons (Fsp3) is 0.545. The molecular weight excluding hydrogens is 354 g/mol. The number of imidazole rings is 1. The zero-order valence-corrected chi connectivity index (χ0v) is 17.3. The lowest BCUT2D eigenvalue weighted by atomic mass is 10.0. The van der Waals surface area contributed by atoms with Crippen LogP contribution in [0, 0.1) is 0 Å². The summed E-state index contributed by atoms with van der Waals surface area (Å²) in [5.41, 5.74) is 3.38. The molecule has 0 radical (unpaired) electrons. The number of carbonyl (C=O) groups excluding carboxylic acids is 1. The van der Waals surface area contributed by atoms with Crippen LogP contribution in [0.2, 0.25) is 0 Å². The van der Waals surface area contributed by atoms with Crippen LogP contribution in [0.3, 0.4) is 0 Å². The first-order valence-electron chi connectivity index (χ1n) is 10.1. The summed E-state index contributed by atoms with van der Waals surface area (Å²) in [5, 5.41) is 2.92. The fourth-order valence-corrected chi connectivity index (χ4v) is 3.12. The van der Waals surface area contributed by atoms with Gasteiger partial charge in [-0.3, -0.25) is 4.79 Å². The smallest absolute Gasteiger partial charge is 0.219 e. The van der Waals surface area contributed by atoms with Crippen molar-refractivity contribution >= 4 is 5.91 Å². The van der Waals surface area contributed by atoms with Gasteiger partial charge in [-0.1, -0.05) is 31.2 Å². The van der Waals surface area contributed by atoms with Gasteiger partial charge in [-0.2, -0.15) is 0 Å². The lowest BCUT2D eigenvalue weighted by Crippen LogP contribution is -2.23. The number of rotatable bonds is 13. The number of H-pyrrole nitrogens is 1. The number of aromatic amines is 1. The van der Waals surface area contributed by atoms with Crippen molar-refractivity contribution in [3.8, 4) is 11.3 Å². The molecule has 2 aromatic rings. The van der Waals surface area contributed by atoms with E-state index in [1.54, 1.807) is 14.2 Å². The summed E-state index contributed by atoms with van der Waals surface area (Å²) in [4.78, 5) is 19.5. The van der Waals surface area contributed by atoms with Crippen molar-refractivity contribution in [1.29, 1.82) is 0 Å². The van der Waals surface area contributed by atoms with E-state index in [4.69, 9.17) is 9.47 Å². The van der Waals surface area contributed by atoms with E-state index in [2.05, 4.69) is 46.5 Å². The summed E-state index contributed by atoms with van der Waals surface area (Å²) in [6.07, 6.45) is 6.37. The normalized spacial score (nSPS) is 11.1. The van der Waals surface area contributed by atoms with Crippen LogP contribution in [0.25, 0.3) is 11.3 Å². The van der Waals surface area contributed by atoms with Crippen LogP contribution in [0.4, 0.5) is 0 Å². The maximum Gasteiger partial charge on any atom is 0.219 e. The number of aryl methyl sites for hydroxylation is 1. The molecule has 0 saturated heterocycles. The average molecular weight is 388 g/mol. The number of nitrogens with one attached hydrogen (secondary N) is 2. The van der Waals surface area contributed by atoms with E-state index >= 15 is 0 Å².